The molecule has 1 aliphatic heterocycles. The minimum atomic E-state index is -0.296. The van der Waals surface area contributed by atoms with Crippen LogP contribution in [0.2, 0.25) is 0 Å². The van der Waals surface area contributed by atoms with Crippen LogP contribution in [0.25, 0.3) is 0 Å². The van der Waals surface area contributed by atoms with Gasteiger partial charge in [0.2, 0.25) is 0 Å². The maximum absolute atomic E-state index is 12.1. The van der Waals surface area contributed by atoms with E-state index in [2.05, 4.69) is 10.5 Å². The number of hydrazone groups is 1. The second kappa shape index (κ2) is 8.90. The quantitative estimate of drug-likeness (QED) is 0.839. The molecule has 1 saturated heterocycles. The summed E-state index contributed by atoms with van der Waals surface area (Å²) in [5.74, 6) is 0.463. The topological polar surface area (TPSA) is 80.2 Å². The summed E-state index contributed by atoms with van der Waals surface area (Å²) in [6, 6.07) is 6.90. The van der Waals surface area contributed by atoms with Gasteiger partial charge in [0, 0.05) is 37.2 Å². The normalized spacial score (nSPS) is 14.1. The van der Waals surface area contributed by atoms with Gasteiger partial charge in [-0.2, -0.15) is 5.10 Å². The van der Waals surface area contributed by atoms with E-state index in [9.17, 15) is 9.59 Å². The van der Waals surface area contributed by atoms with Gasteiger partial charge in [0.15, 0.2) is 0 Å². The maximum Gasteiger partial charge on any atom is 0.409 e. The van der Waals surface area contributed by atoms with Gasteiger partial charge in [-0.25, -0.2) is 10.2 Å². The molecule has 1 aromatic carbocycles. The number of amides is 2. The van der Waals surface area contributed by atoms with Crippen LogP contribution in [0.5, 0.6) is 5.75 Å². The fourth-order valence-corrected chi connectivity index (χ4v) is 2.34. The molecule has 24 heavy (non-hydrogen) atoms. The van der Waals surface area contributed by atoms with E-state index in [4.69, 9.17) is 9.47 Å². The largest absolute Gasteiger partial charge is 0.494 e. The zero-order valence-electron chi connectivity index (χ0n) is 14.1. The van der Waals surface area contributed by atoms with E-state index in [1.807, 2.05) is 6.92 Å². The van der Waals surface area contributed by atoms with Gasteiger partial charge in [0.25, 0.3) is 5.91 Å². The van der Waals surface area contributed by atoms with E-state index in [1.54, 1.807) is 36.1 Å². The first kappa shape index (κ1) is 17.8. The Hall–Kier alpha value is -2.57. The molecular weight excluding hydrogens is 310 g/mol. The second-order valence-electron chi connectivity index (χ2n) is 5.26. The molecule has 7 nitrogen and oxygen atoms in total. The van der Waals surface area contributed by atoms with Crippen LogP contribution in [-0.2, 0) is 4.74 Å². The number of hydrogen-bond acceptors (Lipinski definition) is 5. The van der Waals surface area contributed by atoms with Crippen molar-refractivity contribution >= 4 is 17.7 Å². The van der Waals surface area contributed by atoms with Crippen LogP contribution in [0.1, 0.15) is 37.0 Å². The van der Waals surface area contributed by atoms with E-state index in [-0.39, 0.29) is 12.0 Å². The monoisotopic (exact) mass is 333 g/mol. The predicted octanol–water partition coefficient (Wildman–Crippen LogP) is 2.42. The fourth-order valence-electron chi connectivity index (χ4n) is 2.34. The van der Waals surface area contributed by atoms with Crippen LogP contribution in [0.15, 0.2) is 29.4 Å². The molecule has 2 rings (SSSR count). The Labute approximate surface area is 141 Å². The van der Waals surface area contributed by atoms with E-state index in [0.717, 1.165) is 11.5 Å². The van der Waals surface area contributed by atoms with Gasteiger partial charge in [-0.15, -0.1) is 0 Å². The van der Waals surface area contributed by atoms with Crippen molar-refractivity contribution in [3.05, 3.63) is 29.8 Å². The summed E-state index contributed by atoms with van der Waals surface area (Å²) < 4.78 is 10.3. The van der Waals surface area contributed by atoms with Crippen molar-refractivity contribution in [2.24, 2.45) is 5.10 Å². The average molecular weight is 333 g/mol. The Morgan fingerprint density at radius 1 is 1.12 bits per heavy atom. The van der Waals surface area contributed by atoms with Crippen LogP contribution < -0.4 is 10.2 Å². The molecule has 0 aromatic heterocycles. The third-order valence-corrected chi connectivity index (χ3v) is 3.61. The van der Waals surface area contributed by atoms with Gasteiger partial charge in [-0.3, -0.25) is 4.79 Å². The smallest absolute Gasteiger partial charge is 0.409 e. The predicted molar refractivity (Wildman–Crippen MR) is 90.3 cm³/mol. The summed E-state index contributed by atoms with van der Waals surface area (Å²) in [5.41, 5.74) is 3.95. The van der Waals surface area contributed by atoms with E-state index < -0.39 is 0 Å². The Morgan fingerprint density at radius 3 is 2.38 bits per heavy atom. The van der Waals surface area contributed by atoms with Gasteiger partial charge in [-0.1, -0.05) is 0 Å². The molecule has 1 fully saturated rings. The third kappa shape index (κ3) is 4.97. The number of benzene rings is 1. The standard InChI is InChI=1S/C17H23N3O4/c1-3-23-15-7-5-13(6-8-15)16(21)19-18-14-9-11-20(12-10-14)17(22)24-4-2/h5-8H,3-4,9-12H2,1-2H3,(H,19,21). The fraction of sp³-hybridized carbons (Fsp3) is 0.471. The number of ether oxygens (including phenoxy) is 2. The lowest BCUT2D eigenvalue weighted by molar-refractivity contribution is 0.0951. The van der Waals surface area contributed by atoms with Crippen molar-refractivity contribution in [3.8, 4) is 5.75 Å². The molecule has 2 amide bonds. The van der Waals surface area contributed by atoms with Gasteiger partial charge in [0.05, 0.1) is 13.2 Å². The van der Waals surface area contributed by atoms with Crippen molar-refractivity contribution in [3.63, 3.8) is 0 Å². The highest BCUT2D eigenvalue weighted by Crippen LogP contribution is 2.12. The van der Waals surface area contributed by atoms with Gasteiger partial charge in [-0.05, 0) is 38.1 Å². The summed E-state index contributed by atoms with van der Waals surface area (Å²) in [6.07, 6.45) is 0.958. The Balaban J connectivity index is 1.83. The molecule has 0 saturated carbocycles. The van der Waals surface area contributed by atoms with Crippen molar-refractivity contribution in [1.82, 2.24) is 10.3 Å². The molecule has 0 atom stereocenters. The molecule has 1 aromatic rings. The molecule has 0 unspecified atom stereocenters. The summed E-state index contributed by atoms with van der Waals surface area (Å²) in [6.45, 7) is 5.75. The molecule has 0 aliphatic carbocycles. The summed E-state index contributed by atoms with van der Waals surface area (Å²) >= 11 is 0. The molecular formula is C17H23N3O4. The molecule has 1 heterocycles. The third-order valence-electron chi connectivity index (χ3n) is 3.61. The van der Waals surface area contributed by atoms with Crippen molar-refractivity contribution in [2.75, 3.05) is 26.3 Å². The van der Waals surface area contributed by atoms with E-state index >= 15 is 0 Å². The van der Waals surface area contributed by atoms with Crippen molar-refractivity contribution in [2.45, 2.75) is 26.7 Å². The number of likely N-dealkylation sites (tertiary alicyclic amines) is 1. The number of carbonyl (C=O) groups is 2. The minimum absolute atomic E-state index is 0.265. The van der Waals surface area contributed by atoms with Gasteiger partial charge < -0.3 is 14.4 Å². The molecule has 1 N–H and O–H groups in total. The lowest BCUT2D eigenvalue weighted by Gasteiger charge is -2.26. The number of rotatable bonds is 5. The first-order valence-electron chi connectivity index (χ1n) is 8.14. The number of piperidine rings is 1. The van der Waals surface area contributed by atoms with Crippen LogP contribution in [0.4, 0.5) is 4.79 Å². The second-order valence-corrected chi connectivity index (χ2v) is 5.26. The molecule has 0 spiro atoms. The van der Waals surface area contributed by atoms with Crippen molar-refractivity contribution in [1.29, 1.82) is 0 Å². The lowest BCUT2D eigenvalue weighted by Crippen LogP contribution is -2.39. The van der Waals surface area contributed by atoms with Crippen LogP contribution >= 0.6 is 0 Å². The van der Waals surface area contributed by atoms with E-state index in [0.29, 0.717) is 44.7 Å². The zero-order chi connectivity index (χ0) is 17.4. The number of carbonyl (C=O) groups excluding carboxylic acids is 2. The molecule has 0 radical (unpaired) electrons. The van der Waals surface area contributed by atoms with Crippen LogP contribution in [0, 0.1) is 0 Å². The highest BCUT2D eigenvalue weighted by atomic mass is 16.6. The number of hydrogen-bond donors (Lipinski definition) is 1. The number of nitrogens with zero attached hydrogens (tertiary/aromatic N) is 2. The average Bonchev–Trinajstić information content (AvgIpc) is 2.61. The molecule has 0 bridgehead atoms. The molecule has 1 aliphatic rings. The summed E-state index contributed by atoms with van der Waals surface area (Å²) in [7, 11) is 0. The van der Waals surface area contributed by atoms with E-state index in [1.165, 1.54) is 0 Å². The highest BCUT2D eigenvalue weighted by molar-refractivity contribution is 5.95. The SMILES string of the molecule is CCOC(=O)N1CCC(=NNC(=O)c2ccc(OCC)cc2)CC1. The summed E-state index contributed by atoms with van der Waals surface area (Å²) in [5, 5.41) is 4.17. The van der Waals surface area contributed by atoms with Crippen molar-refractivity contribution < 1.29 is 19.1 Å². The lowest BCUT2D eigenvalue weighted by atomic mass is 10.1. The summed E-state index contributed by atoms with van der Waals surface area (Å²) in [4.78, 5) is 25.3. The highest BCUT2D eigenvalue weighted by Gasteiger charge is 2.20. The van der Waals surface area contributed by atoms with Crippen LogP contribution in [0.3, 0.4) is 0 Å². The van der Waals surface area contributed by atoms with Gasteiger partial charge >= 0.3 is 6.09 Å². The number of nitrogens with one attached hydrogen (secondary N) is 1. The van der Waals surface area contributed by atoms with Crippen LogP contribution in [-0.4, -0.2) is 48.9 Å². The Bertz CT molecular complexity index is 588. The Morgan fingerprint density at radius 2 is 1.79 bits per heavy atom. The minimum Gasteiger partial charge on any atom is -0.494 e. The zero-order valence-corrected chi connectivity index (χ0v) is 14.1. The first-order valence-corrected chi connectivity index (χ1v) is 8.14. The van der Waals surface area contributed by atoms with Gasteiger partial charge in [0.1, 0.15) is 5.75 Å². The Kier molecular flexibility index (Phi) is 6.60. The first-order chi connectivity index (χ1) is 11.6. The molecule has 130 valence electrons. The molecule has 7 heteroatoms. The maximum atomic E-state index is 12.1.